The predicted octanol–water partition coefficient (Wildman–Crippen LogP) is 2.87. The van der Waals surface area contributed by atoms with Crippen LogP contribution in [0.2, 0.25) is 0 Å². The number of benzene rings is 2. The van der Waals surface area contributed by atoms with Gasteiger partial charge in [-0.1, -0.05) is 29.5 Å². The van der Waals surface area contributed by atoms with E-state index in [1.807, 2.05) is 59.4 Å². The van der Waals surface area contributed by atoms with E-state index in [9.17, 15) is 4.79 Å². The van der Waals surface area contributed by atoms with E-state index in [0.29, 0.717) is 9.49 Å². The largest absolute Gasteiger partial charge is 0.490 e. The third kappa shape index (κ3) is 3.03. The summed E-state index contributed by atoms with van der Waals surface area (Å²) >= 11 is 1.32. The zero-order chi connectivity index (χ0) is 20.9. The van der Waals surface area contributed by atoms with Gasteiger partial charge in [-0.2, -0.15) is 14.7 Å². The monoisotopic (exact) mass is 427 g/mol. The summed E-state index contributed by atoms with van der Waals surface area (Å²) in [4.78, 5) is 17.4. The van der Waals surface area contributed by atoms with Crippen LogP contribution < -0.4 is 14.8 Å². The van der Waals surface area contributed by atoms with Crippen LogP contribution in [0.3, 0.4) is 0 Å². The number of rotatable bonds is 3. The normalized spacial score (nSPS) is 16.0. The minimum atomic E-state index is -0.174. The highest BCUT2D eigenvalue weighted by molar-refractivity contribution is 7.15. The maximum atomic E-state index is 12.7. The van der Waals surface area contributed by atoms with Crippen molar-refractivity contribution in [2.24, 2.45) is 0 Å². The number of thiazole rings is 1. The van der Waals surface area contributed by atoms with Gasteiger partial charge < -0.3 is 4.74 Å². The van der Waals surface area contributed by atoms with Crippen LogP contribution in [-0.4, -0.2) is 30.5 Å². The lowest BCUT2D eigenvalue weighted by molar-refractivity contribution is 0.254. The van der Waals surface area contributed by atoms with Crippen molar-refractivity contribution in [2.75, 3.05) is 0 Å². The van der Waals surface area contributed by atoms with Crippen LogP contribution in [0.1, 0.15) is 18.1 Å². The Balaban J connectivity index is 1.55. The SMILES string of the molecule is CC1Cc2cc(-c3nn(-c4ccccc4)cc3/C=c3\sc4ncnn4c3=O)ccc2O1. The van der Waals surface area contributed by atoms with Gasteiger partial charge in [-0.25, -0.2) is 9.67 Å². The first-order chi connectivity index (χ1) is 15.2. The van der Waals surface area contributed by atoms with E-state index in [-0.39, 0.29) is 11.7 Å². The van der Waals surface area contributed by atoms with Crippen LogP contribution in [0.25, 0.3) is 28.0 Å². The molecule has 0 aliphatic carbocycles. The molecule has 0 amide bonds. The number of nitrogens with zero attached hydrogens (tertiary/aromatic N) is 5. The van der Waals surface area contributed by atoms with Crippen LogP contribution in [0.15, 0.2) is 65.8 Å². The van der Waals surface area contributed by atoms with E-state index in [4.69, 9.17) is 9.84 Å². The summed E-state index contributed by atoms with van der Waals surface area (Å²) < 4.78 is 9.59. The van der Waals surface area contributed by atoms with Gasteiger partial charge in [0.1, 0.15) is 23.9 Å². The first kappa shape index (κ1) is 18.0. The average Bonchev–Trinajstić information content (AvgIpc) is 3.54. The quantitative estimate of drug-likeness (QED) is 0.443. The molecular weight excluding hydrogens is 410 g/mol. The summed E-state index contributed by atoms with van der Waals surface area (Å²) in [6.07, 6.45) is 6.27. The van der Waals surface area contributed by atoms with Crippen molar-refractivity contribution in [3.05, 3.63) is 87.1 Å². The number of fused-ring (bicyclic) bond motifs is 2. The topological polar surface area (TPSA) is 74.3 Å². The maximum Gasteiger partial charge on any atom is 0.291 e. The number of para-hydroxylation sites is 1. The van der Waals surface area contributed by atoms with Crippen LogP contribution in [0, 0.1) is 0 Å². The van der Waals surface area contributed by atoms with Crippen molar-refractivity contribution >= 4 is 22.4 Å². The number of aromatic nitrogens is 5. The smallest absolute Gasteiger partial charge is 0.291 e. The molecule has 1 unspecified atom stereocenters. The molecule has 8 heteroatoms. The Morgan fingerprint density at radius 1 is 1.19 bits per heavy atom. The highest BCUT2D eigenvalue weighted by Crippen LogP contribution is 2.34. The average molecular weight is 427 g/mol. The van der Waals surface area contributed by atoms with Crippen LogP contribution in [0.4, 0.5) is 0 Å². The van der Waals surface area contributed by atoms with Crippen molar-refractivity contribution in [1.82, 2.24) is 24.4 Å². The second-order valence-corrected chi connectivity index (χ2v) is 8.55. The fourth-order valence-electron chi connectivity index (χ4n) is 3.92. The summed E-state index contributed by atoms with van der Waals surface area (Å²) in [6, 6.07) is 16.1. The van der Waals surface area contributed by atoms with Crippen LogP contribution in [0.5, 0.6) is 5.75 Å². The molecule has 1 aliphatic heterocycles. The summed E-state index contributed by atoms with van der Waals surface area (Å²) in [7, 11) is 0. The number of ether oxygens (including phenoxy) is 1. The van der Waals surface area contributed by atoms with Gasteiger partial charge in [-0.3, -0.25) is 4.79 Å². The van der Waals surface area contributed by atoms with E-state index in [2.05, 4.69) is 23.1 Å². The van der Waals surface area contributed by atoms with Gasteiger partial charge in [-0.15, -0.1) is 0 Å². The molecule has 1 aliphatic rings. The minimum absolute atomic E-state index is 0.174. The van der Waals surface area contributed by atoms with Crippen LogP contribution >= 0.6 is 11.3 Å². The van der Waals surface area contributed by atoms with Crippen LogP contribution in [-0.2, 0) is 6.42 Å². The molecule has 0 saturated heterocycles. The molecule has 5 aromatic rings. The molecule has 0 saturated carbocycles. The molecule has 0 fully saturated rings. The Labute approximate surface area is 180 Å². The predicted molar refractivity (Wildman–Crippen MR) is 119 cm³/mol. The standard InChI is InChI=1S/C23H17N5O2S/c1-14-9-16-10-15(7-8-19(16)30-14)21-17(12-27(26-21)18-5-3-2-4-6-18)11-20-22(29)28-23(31-20)24-13-25-28/h2-8,10-14H,9H2,1H3/b20-11-. The lowest BCUT2D eigenvalue weighted by atomic mass is 10.0. The highest BCUT2D eigenvalue weighted by atomic mass is 32.1. The first-order valence-corrected chi connectivity index (χ1v) is 10.8. The zero-order valence-electron chi connectivity index (χ0n) is 16.6. The van der Waals surface area contributed by atoms with Crippen molar-refractivity contribution in [3.8, 4) is 22.7 Å². The molecule has 0 bridgehead atoms. The molecule has 0 spiro atoms. The van der Waals surface area contributed by atoms with E-state index in [0.717, 1.165) is 34.7 Å². The second-order valence-electron chi connectivity index (χ2n) is 7.54. The molecule has 6 rings (SSSR count). The van der Waals surface area contributed by atoms with Gasteiger partial charge in [0.05, 0.1) is 10.2 Å². The molecular formula is C23H17N5O2S. The molecule has 1 atom stereocenters. The third-order valence-corrected chi connectivity index (χ3v) is 6.31. The van der Waals surface area contributed by atoms with Gasteiger partial charge in [0.15, 0.2) is 0 Å². The fourth-order valence-corrected chi connectivity index (χ4v) is 4.79. The number of hydrogen-bond acceptors (Lipinski definition) is 6. The van der Waals surface area contributed by atoms with Gasteiger partial charge in [0, 0.05) is 23.7 Å². The lowest BCUT2D eigenvalue weighted by Gasteiger charge is -2.04. The van der Waals surface area contributed by atoms with Gasteiger partial charge in [0.2, 0.25) is 4.96 Å². The summed E-state index contributed by atoms with van der Waals surface area (Å²) in [5, 5.41) is 8.88. The Hall–Kier alpha value is -3.78. The maximum absolute atomic E-state index is 12.7. The van der Waals surface area contributed by atoms with E-state index < -0.39 is 0 Å². The summed E-state index contributed by atoms with van der Waals surface area (Å²) in [5.74, 6) is 0.927. The van der Waals surface area contributed by atoms with E-state index in [1.54, 1.807) is 0 Å². The summed E-state index contributed by atoms with van der Waals surface area (Å²) in [6.45, 7) is 2.07. The van der Waals surface area contributed by atoms with Gasteiger partial charge >= 0.3 is 0 Å². The molecule has 152 valence electrons. The van der Waals surface area contributed by atoms with Crippen molar-refractivity contribution < 1.29 is 4.74 Å². The highest BCUT2D eigenvalue weighted by Gasteiger charge is 2.21. The Morgan fingerprint density at radius 2 is 2.06 bits per heavy atom. The van der Waals surface area contributed by atoms with E-state index >= 15 is 0 Å². The molecule has 2 aromatic carbocycles. The molecule has 7 nitrogen and oxygen atoms in total. The lowest BCUT2D eigenvalue weighted by Crippen LogP contribution is -2.23. The second kappa shape index (κ2) is 6.88. The molecule has 0 radical (unpaired) electrons. The fraction of sp³-hybridized carbons (Fsp3) is 0.130. The zero-order valence-corrected chi connectivity index (χ0v) is 17.4. The van der Waals surface area contributed by atoms with Crippen molar-refractivity contribution in [2.45, 2.75) is 19.4 Å². The first-order valence-electron chi connectivity index (χ1n) is 9.95. The number of hydrogen-bond donors (Lipinski definition) is 0. The molecule has 0 N–H and O–H groups in total. The molecule has 3 aromatic heterocycles. The molecule has 31 heavy (non-hydrogen) atoms. The minimum Gasteiger partial charge on any atom is -0.490 e. The third-order valence-electron chi connectivity index (χ3n) is 5.34. The van der Waals surface area contributed by atoms with Crippen molar-refractivity contribution in [3.63, 3.8) is 0 Å². The Kier molecular flexibility index (Phi) is 4.00. The Morgan fingerprint density at radius 3 is 2.90 bits per heavy atom. The Bertz CT molecular complexity index is 1530. The van der Waals surface area contributed by atoms with E-state index in [1.165, 1.54) is 27.7 Å². The van der Waals surface area contributed by atoms with Gasteiger partial charge in [-0.05, 0) is 48.9 Å². The molecule has 4 heterocycles. The van der Waals surface area contributed by atoms with Gasteiger partial charge in [0.25, 0.3) is 5.56 Å². The van der Waals surface area contributed by atoms with Crippen molar-refractivity contribution in [1.29, 1.82) is 0 Å². The summed E-state index contributed by atoms with van der Waals surface area (Å²) in [5.41, 5.74) is 4.61.